The predicted molar refractivity (Wildman–Crippen MR) is 109 cm³/mol. The maximum atomic E-state index is 12.7. The first kappa shape index (κ1) is 21.0. The zero-order valence-electron chi connectivity index (χ0n) is 16.7. The number of anilines is 1. The monoisotopic (exact) mass is 409 g/mol. The summed E-state index contributed by atoms with van der Waals surface area (Å²) >= 11 is 0. The van der Waals surface area contributed by atoms with Crippen LogP contribution in [-0.2, 0) is 9.84 Å². The standard InChI is InChI=1S/C19H31N5O3S/c1-13(2)16-11-17(23-19(20)22-16)18(25)21-15-5-3-4-14(10-15)12-24-6-8-28(26,27)9-7-24/h11,13-15H,3-10,12H2,1-2H3,(H,21,25)(H2,20,22,23)/t14-,15+/m1/s1. The first-order valence-electron chi connectivity index (χ1n) is 10.1. The van der Waals surface area contributed by atoms with Gasteiger partial charge in [-0.2, -0.15) is 0 Å². The average molecular weight is 410 g/mol. The minimum atomic E-state index is -2.85. The third-order valence-electron chi connectivity index (χ3n) is 5.66. The molecule has 2 atom stereocenters. The van der Waals surface area contributed by atoms with Crippen LogP contribution in [0.2, 0.25) is 0 Å². The number of nitrogens with two attached hydrogens (primary N) is 1. The maximum absolute atomic E-state index is 12.7. The SMILES string of the molecule is CC(C)c1cc(C(=O)N[C@H]2CCC[C@@H](CN3CCS(=O)(=O)CC3)C2)nc(N)n1. The number of rotatable bonds is 5. The molecule has 1 aromatic rings. The summed E-state index contributed by atoms with van der Waals surface area (Å²) in [6.07, 6.45) is 4.04. The Hall–Kier alpha value is -1.74. The number of amides is 1. The number of nitrogen functional groups attached to an aromatic ring is 1. The lowest BCUT2D eigenvalue weighted by Gasteiger charge is -2.35. The van der Waals surface area contributed by atoms with Crippen LogP contribution in [0.1, 0.15) is 61.6 Å². The van der Waals surface area contributed by atoms with Gasteiger partial charge in [-0.05, 0) is 37.2 Å². The molecular formula is C19H31N5O3S. The Morgan fingerprint density at radius 3 is 2.68 bits per heavy atom. The molecule has 1 amide bonds. The average Bonchev–Trinajstić information content (AvgIpc) is 2.63. The lowest BCUT2D eigenvalue weighted by molar-refractivity contribution is 0.0907. The molecule has 2 aliphatic rings. The lowest BCUT2D eigenvalue weighted by Crippen LogP contribution is -2.45. The summed E-state index contributed by atoms with van der Waals surface area (Å²) in [4.78, 5) is 23.2. The molecule has 2 fully saturated rings. The summed E-state index contributed by atoms with van der Waals surface area (Å²) < 4.78 is 23.2. The van der Waals surface area contributed by atoms with Gasteiger partial charge in [0.05, 0.1) is 11.5 Å². The summed E-state index contributed by atoms with van der Waals surface area (Å²) in [6, 6.07) is 1.82. The molecule has 0 unspecified atom stereocenters. The van der Waals surface area contributed by atoms with Crippen LogP contribution in [0.3, 0.4) is 0 Å². The number of carbonyl (C=O) groups excluding carboxylic acids is 1. The molecule has 0 bridgehead atoms. The number of sulfone groups is 1. The van der Waals surface area contributed by atoms with E-state index in [1.165, 1.54) is 0 Å². The van der Waals surface area contributed by atoms with Gasteiger partial charge in [0.2, 0.25) is 5.95 Å². The van der Waals surface area contributed by atoms with Gasteiger partial charge >= 0.3 is 0 Å². The number of hydrogen-bond acceptors (Lipinski definition) is 7. The fourth-order valence-corrected chi connectivity index (χ4v) is 5.32. The normalized spacial score (nSPS) is 25.5. The smallest absolute Gasteiger partial charge is 0.270 e. The van der Waals surface area contributed by atoms with E-state index in [9.17, 15) is 13.2 Å². The second kappa shape index (κ2) is 8.73. The third kappa shape index (κ3) is 5.64. The summed E-state index contributed by atoms with van der Waals surface area (Å²) in [6.45, 7) is 6.14. The highest BCUT2D eigenvalue weighted by atomic mass is 32.2. The molecule has 3 rings (SSSR count). The lowest BCUT2D eigenvalue weighted by atomic mass is 9.85. The molecule has 0 aromatic carbocycles. The predicted octanol–water partition coefficient (Wildman–Crippen LogP) is 1.20. The Labute approximate surface area is 167 Å². The van der Waals surface area contributed by atoms with E-state index >= 15 is 0 Å². The third-order valence-corrected chi connectivity index (χ3v) is 7.27. The highest BCUT2D eigenvalue weighted by molar-refractivity contribution is 7.91. The van der Waals surface area contributed by atoms with Crippen LogP contribution in [0.5, 0.6) is 0 Å². The van der Waals surface area contributed by atoms with E-state index in [1.807, 2.05) is 13.8 Å². The summed E-state index contributed by atoms with van der Waals surface area (Å²) in [5.74, 6) is 1.08. The zero-order valence-corrected chi connectivity index (χ0v) is 17.5. The summed E-state index contributed by atoms with van der Waals surface area (Å²) in [7, 11) is -2.85. The summed E-state index contributed by atoms with van der Waals surface area (Å²) in [5, 5.41) is 3.11. The van der Waals surface area contributed by atoms with Crippen molar-refractivity contribution in [1.82, 2.24) is 20.2 Å². The van der Waals surface area contributed by atoms with Gasteiger partial charge in [0.15, 0.2) is 9.84 Å². The van der Waals surface area contributed by atoms with Gasteiger partial charge in [0, 0.05) is 31.4 Å². The largest absolute Gasteiger partial charge is 0.368 e. The van der Waals surface area contributed by atoms with Crippen molar-refractivity contribution in [1.29, 1.82) is 0 Å². The van der Waals surface area contributed by atoms with Crippen molar-refractivity contribution in [3.8, 4) is 0 Å². The van der Waals surface area contributed by atoms with Crippen LogP contribution in [0.15, 0.2) is 6.07 Å². The fraction of sp³-hybridized carbons (Fsp3) is 0.737. The molecule has 156 valence electrons. The van der Waals surface area contributed by atoms with Crippen LogP contribution >= 0.6 is 0 Å². The van der Waals surface area contributed by atoms with E-state index in [2.05, 4.69) is 20.2 Å². The maximum Gasteiger partial charge on any atom is 0.270 e. The molecule has 1 aliphatic heterocycles. The highest BCUT2D eigenvalue weighted by Gasteiger charge is 2.28. The van der Waals surface area contributed by atoms with E-state index in [1.54, 1.807) is 6.07 Å². The number of carbonyl (C=O) groups is 1. The number of nitrogens with one attached hydrogen (secondary N) is 1. The van der Waals surface area contributed by atoms with Gasteiger partial charge < -0.3 is 16.0 Å². The van der Waals surface area contributed by atoms with Crippen LogP contribution in [-0.4, -0.2) is 66.4 Å². The Morgan fingerprint density at radius 1 is 1.29 bits per heavy atom. The quantitative estimate of drug-likeness (QED) is 0.750. The minimum absolute atomic E-state index is 0.110. The van der Waals surface area contributed by atoms with Gasteiger partial charge in [0.25, 0.3) is 5.91 Å². The van der Waals surface area contributed by atoms with Crippen molar-refractivity contribution in [3.05, 3.63) is 17.5 Å². The molecule has 2 heterocycles. The number of hydrogen-bond donors (Lipinski definition) is 2. The summed E-state index contributed by atoms with van der Waals surface area (Å²) in [5.41, 5.74) is 6.85. The molecule has 0 radical (unpaired) electrons. The van der Waals surface area contributed by atoms with Crippen molar-refractivity contribution in [2.75, 3.05) is 36.9 Å². The van der Waals surface area contributed by atoms with Crippen molar-refractivity contribution in [2.45, 2.75) is 51.5 Å². The van der Waals surface area contributed by atoms with E-state index in [0.29, 0.717) is 24.7 Å². The highest BCUT2D eigenvalue weighted by Crippen LogP contribution is 2.26. The van der Waals surface area contributed by atoms with Gasteiger partial charge in [-0.1, -0.05) is 20.3 Å². The Balaban J connectivity index is 1.55. The molecule has 1 saturated heterocycles. The Kier molecular flexibility index (Phi) is 6.54. The van der Waals surface area contributed by atoms with Crippen molar-refractivity contribution >= 4 is 21.7 Å². The molecule has 8 nitrogen and oxygen atoms in total. The van der Waals surface area contributed by atoms with Crippen LogP contribution in [0.25, 0.3) is 0 Å². The van der Waals surface area contributed by atoms with Gasteiger partial charge in [-0.25, -0.2) is 18.4 Å². The second-order valence-electron chi connectivity index (χ2n) is 8.35. The second-order valence-corrected chi connectivity index (χ2v) is 10.7. The fourth-order valence-electron chi connectivity index (χ4n) is 4.04. The molecule has 0 spiro atoms. The first-order valence-corrected chi connectivity index (χ1v) is 11.9. The molecule has 1 aliphatic carbocycles. The van der Waals surface area contributed by atoms with E-state index in [-0.39, 0.29) is 35.3 Å². The van der Waals surface area contributed by atoms with E-state index < -0.39 is 9.84 Å². The molecule has 1 aromatic heterocycles. The van der Waals surface area contributed by atoms with E-state index in [0.717, 1.165) is 37.9 Å². The van der Waals surface area contributed by atoms with Gasteiger partial charge in [-0.3, -0.25) is 4.79 Å². The van der Waals surface area contributed by atoms with E-state index in [4.69, 9.17) is 5.73 Å². The topological polar surface area (TPSA) is 118 Å². The molecule has 1 saturated carbocycles. The molecule has 28 heavy (non-hydrogen) atoms. The van der Waals surface area contributed by atoms with Crippen molar-refractivity contribution in [2.24, 2.45) is 5.92 Å². The Morgan fingerprint density at radius 2 is 2.00 bits per heavy atom. The number of nitrogens with zero attached hydrogens (tertiary/aromatic N) is 3. The van der Waals surface area contributed by atoms with Crippen LogP contribution < -0.4 is 11.1 Å². The minimum Gasteiger partial charge on any atom is -0.368 e. The molecule has 3 N–H and O–H groups in total. The van der Waals surface area contributed by atoms with Crippen LogP contribution in [0.4, 0.5) is 5.95 Å². The molecular weight excluding hydrogens is 378 g/mol. The zero-order chi connectivity index (χ0) is 20.3. The van der Waals surface area contributed by atoms with Crippen LogP contribution in [0, 0.1) is 5.92 Å². The first-order chi connectivity index (χ1) is 13.2. The Bertz CT molecular complexity index is 798. The van der Waals surface area contributed by atoms with Gasteiger partial charge in [0.1, 0.15) is 5.69 Å². The molecule has 9 heteroatoms. The van der Waals surface area contributed by atoms with Gasteiger partial charge in [-0.15, -0.1) is 0 Å². The van der Waals surface area contributed by atoms with Crippen molar-refractivity contribution < 1.29 is 13.2 Å². The number of aromatic nitrogens is 2. The van der Waals surface area contributed by atoms with Crippen molar-refractivity contribution in [3.63, 3.8) is 0 Å².